The fourth-order valence-electron chi connectivity index (χ4n) is 7.03. The van der Waals surface area contributed by atoms with Crippen LogP contribution in [0, 0.1) is 5.92 Å². The second-order valence-electron chi connectivity index (χ2n) is 12.6. The van der Waals surface area contributed by atoms with E-state index in [1.54, 1.807) is 0 Å². The lowest BCUT2D eigenvalue weighted by atomic mass is 9.88. The molecule has 6 heteroatoms. The number of hydroxylamine groups is 2. The molecule has 48 heavy (non-hydrogen) atoms. The largest absolute Gasteiger partial charge is 0.374 e. The SMILES string of the molecule is c1ccc(COC[C@@]2(OCc3ccccc3)[C@@H]3CON(Cc4ccccc4)[C@@H]3[C@H](OCc3ccccc3)[C@H]2OCc2ccccc2)cc1. The zero-order valence-electron chi connectivity index (χ0n) is 27.2. The Morgan fingerprint density at radius 2 is 1.00 bits per heavy atom. The molecule has 1 saturated carbocycles. The van der Waals surface area contributed by atoms with Gasteiger partial charge >= 0.3 is 0 Å². The standard InChI is InChI=1S/C42H43NO5/c1-6-16-33(17-7-1)26-43-39-38(31-48-43)42(47-30-37-24-14-5-15-25-37,32-44-27-34-18-8-2-9-19-34)41(46-29-36-22-12-4-13-23-36)40(39)45-28-35-20-10-3-11-21-35/h1-25,38-41H,26-32H2/t38-,39+,40+,41-,42-/m1/s1. The molecule has 0 spiro atoms. The molecule has 1 saturated heterocycles. The maximum Gasteiger partial charge on any atom is 0.127 e. The molecule has 0 unspecified atom stereocenters. The zero-order chi connectivity index (χ0) is 32.4. The van der Waals surface area contributed by atoms with Gasteiger partial charge in [-0.15, -0.1) is 0 Å². The zero-order valence-corrected chi connectivity index (χ0v) is 27.2. The molecule has 2 aliphatic rings. The molecule has 7 rings (SSSR count). The second kappa shape index (κ2) is 15.8. The van der Waals surface area contributed by atoms with E-state index < -0.39 is 11.7 Å². The van der Waals surface area contributed by atoms with Gasteiger partial charge in [0.2, 0.25) is 0 Å². The van der Waals surface area contributed by atoms with Gasteiger partial charge in [-0.05, 0) is 27.8 Å². The number of rotatable bonds is 15. The van der Waals surface area contributed by atoms with Crippen LogP contribution in [0.2, 0.25) is 0 Å². The lowest BCUT2D eigenvalue weighted by Crippen LogP contribution is -2.54. The first kappa shape index (κ1) is 32.4. The summed E-state index contributed by atoms with van der Waals surface area (Å²) in [5, 5.41) is 2.10. The molecule has 246 valence electrons. The molecular weight excluding hydrogens is 598 g/mol. The first-order valence-corrected chi connectivity index (χ1v) is 16.8. The van der Waals surface area contributed by atoms with Crippen molar-refractivity contribution in [3.05, 3.63) is 179 Å². The highest BCUT2D eigenvalue weighted by atomic mass is 16.7. The normalized spacial score (nSPS) is 23.7. The van der Waals surface area contributed by atoms with Crippen molar-refractivity contribution in [3.63, 3.8) is 0 Å². The summed E-state index contributed by atoms with van der Waals surface area (Å²) in [6, 6.07) is 51.5. The fraction of sp³-hybridized carbons (Fsp3) is 0.286. The van der Waals surface area contributed by atoms with E-state index >= 15 is 0 Å². The molecule has 1 aliphatic carbocycles. The average Bonchev–Trinajstić information content (AvgIpc) is 3.67. The summed E-state index contributed by atoms with van der Waals surface area (Å²) in [6.45, 7) is 3.15. The smallest absolute Gasteiger partial charge is 0.127 e. The van der Waals surface area contributed by atoms with Gasteiger partial charge < -0.3 is 18.9 Å². The Bertz CT molecular complexity index is 1660. The van der Waals surface area contributed by atoms with E-state index in [1.807, 2.05) is 78.9 Å². The minimum atomic E-state index is -0.864. The van der Waals surface area contributed by atoms with Crippen LogP contribution in [0.4, 0.5) is 0 Å². The van der Waals surface area contributed by atoms with Crippen molar-refractivity contribution in [1.82, 2.24) is 5.06 Å². The third kappa shape index (κ3) is 7.61. The lowest BCUT2D eigenvalue weighted by molar-refractivity contribution is -0.229. The fourth-order valence-corrected chi connectivity index (χ4v) is 7.03. The van der Waals surface area contributed by atoms with Gasteiger partial charge in [-0.25, -0.2) is 0 Å². The molecule has 0 amide bonds. The molecule has 5 atom stereocenters. The number of hydrogen-bond acceptors (Lipinski definition) is 6. The van der Waals surface area contributed by atoms with Crippen LogP contribution < -0.4 is 0 Å². The topological polar surface area (TPSA) is 49.4 Å². The van der Waals surface area contributed by atoms with Crippen LogP contribution in [0.5, 0.6) is 0 Å². The molecule has 0 bridgehead atoms. The minimum absolute atomic E-state index is 0.0813. The molecule has 1 aliphatic heterocycles. The highest BCUT2D eigenvalue weighted by Crippen LogP contribution is 2.50. The molecule has 6 nitrogen and oxygen atoms in total. The number of benzene rings is 5. The van der Waals surface area contributed by atoms with Crippen molar-refractivity contribution in [2.45, 2.75) is 56.8 Å². The maximum atomic E-state index is 7.17. The van der Waals surface area contributed by atoms with Gasteiger partial charge in [0.1, 0.15) is 17.8 Å². The highest BCUT2D eigenvalue weighted by Gasteiger charge is 2.67. The summed E-state index contributed by atoms with van der Waals surface area (Å²) >= 11 is 0. The van der Waals surface area contributed by atoms with E-state index in [2.05, 4.69) is 77.9 Å². The summed E-state index contributed by atoms with van der Waals surface area (Å²) in [7, 11) is 0. The Morgan fingerprint density at radius 1 is 0.542 bits per heavy atom. The first-order chi connectivity index (χ1) is 23.8. The number of fused-ring (bicyclic) bond motifs is 1. The van der Waals surface area contributed by atoms with Crippen LogP contribution in [-0.4, -0.2) is 42.1 Å². The van der Waals surface area contributed by atoms with E-state index in [0.717, 1.165) is 22.3 Å². The molecular formula is C42H43NO5. The summed E-state index contributed by atoms with van der Waals surface area (Å²) in [6.07, 6.45) is -0.806. The number of ether oxygens (including phenoxy) is 4. The van der Waals surface area contributed by atoms with Crippen molar-refractivity contribution < 1.29 is 23.8 Å². The number of hydrogen-bond donors (Lipinski definition) is 0. The molecule has 0 N–H and O–H groups in total. The number of nitrogens with zero attached hydrogens (tertiary/aromatic N) is 1. The Hall–Kier alpha value is -4.14. The molecule has 0 radical (unpaired) electrons. The quantitative estimate of drug-likeness (QED) is 0.116. The Balaban J connectivity index is 1.26. The summed E-state index contributed by atoms with van der Waals surface area (Å²) in [4.78, 5) is 6.55. The average molecular weight is 642 g/mol. The third-order valence-corrected chi connectivity index (χ3v) is 9.44. The monoisotopic (exact) mass is 641 g/mol. The van der Waals surface area contributed by atoms with Gasteiger partial charge in [-0.1, -0.05) is 152 Å². The van der Waals surface area contributed by atoms with E-state index in [0.29, 0.717) is 46.2 Å². The van der Waals surface area contributed by atoms with Crippen molar-refractivity contribution >= 4 is 0 Å². The van der Waals surface area contributed by atoms with Gasteiger partial charge in [0.15, 0.2) is 0 Å². The summed E-state index contributed by atoms with van der Waals surface area (Å²) < 4.78 is 27.8. The first-order valence-electron chi connectivity index (χ1n) is 16.8. The second-order valence-corrected chi connectivity index (χ2v) is 12.6. The lowest BCUT2D eigenvalue weighted by Gasteiger charge is -2.39. The van der Waals surface area contributed by atoms with Crippen molar-refractivity contribution in [1.29, 1.82) is 0 Å². The van der Waals surface area contributed by atoms with Crippen LogP contribution in [-0.2, 0) is 56.8 Å². The predicted molar refractivity (Wildman–Crippen MR) is 185 cm³/mol. The Labute approximate surface area is 283 Å². The predicted octanol–water partition coefficient (Wildman–Crippen LogP) is 7.78. The Morgan fingerprint density at radius 3 is 1.54 bits per heavy atom. The van der Waals surface area contributed by atoms with Gasteiger partial charge in [0.05, 0.1) is 45.7 Å². The van der Waals surface area contributed by atoms with E-state index in [1.165, 1.54) is 5.56 Å². The molecule has 2 fully saturated rings. The van der Waals surface area contributed by atoms with Gasteiger partial charge in [-0.3, -0.25) is 4.84 Å². The summed E-state index contributed by atoms with van der Waals surface area (Å²) in [5.74, 6) is -0.0813. The molecule has 1 heterocycles. The van der Waals surface area contributed by atoms with E-state index in [4.69, 9.17) is 23.8 Å². The summed E-state index contributed by atoms with van der Waals surface area (Å²) in [5.41, 5.74) is 4.70. The molecule has 0 aromatic heterocycles. The molecule has 5 aromatic carbocycles. The van der Waals surface area contributed by atoms with E-state index in [-0.39, 0.29) is 18.1 Å². The third-order valence-electron chi connectivity index (χ3n) is 9.44. The van der Waals surface area contributed by atoms with Crippen LogP contribution >= 0.6 is 0 Å². The van der Waals surface area contributed by atoms with Crippen molar-refractivity contribution in [2.75, 3.05) is 13.2 Å². The minimum Gasteiger partial charge on any atom is -0.374 e. The van der Waals surface area contributed by atoms with E-state index in [9.17, 15) is 0 Å². The highest BCUT2D eigenvalue weighted by molar-refractivity contribution is 5.22. The van der Waals surface area contributed by atoms with Crippen LogP contribution in [0.3, 0.4) is 0 Å². The van der Waals surface area contributed by atoms with Crippen LogP contribution in [0.25, 0.3) is 0 Å². The van der Waals surface area contributed by atoms with Gasteiger partial charge in [0, 0.05) is 12.5 Å². The van der Waals surface area contributed by atoms with Crippen molar-refractivity contribution in [3.8, 4) is 0 Å². The Kier molecular flexibility index (Phi) is 10.7. The van der Waals surface area contributed by atoms with Gasteiger partial charge in [0.25, 0.3) is 0 Å². The molecule has 5 aromatic rings. The van der Waals surface area contributed by atoms with Crippen LogP contribution in [0.15, 0.2) is 152 Å². The maximum absolute atomic E-state index is 7.17. The van der Waals surface area contributed by atoms with Gasteiger partial charge in [-0.2, -0.15) is 5.06 Å². The van der Waals surface area contributed by atoms with Crippen molar-refractivity contribution in [2.24, 2.45) is 5.92 Å². The van der Waals surface area contributed by atoms with Crippen LogP contribution in [0.1, 0.15) is 27.8 Å².